The highest BCUT2D eigenvalue weighted by molar-refractivity contribution is 6.30. The quantitative estimate of drug-likeness (QED) is 0.803. The van der Waals surface area contributed by atoms with Crippen LogP contribution in [0.4, 0.5) is 0 Å². The van der Waals surface area contributed by atoms with E-state index in [-0.39, 0.29) is 24.4 Å². The second kappa shape index (κ2) is 9.56. The molecule has 1 saturated carbocycles. The van der Waals surface area contributed by atoms with E-state index in [1.165, 1.54) is 19.3 Å². The first-order valence-corrected chi connectivity index (χ1v) is 8.82. The SMILES string of the molecule is O=C(CCCc1ccc(Cl)cc1)NCC(=O)NC1CCCCC1. The molecule has 2 amide bonds. The van der Waals surface area contributed by atoms with Crippen molar-refractivity contribution in [2.45, 2.75) is 57.4 Å². The number of aryl methyl sites for hydroxylation is 1. The zero-order chi connectivity index (χ0) is 16.5. The van der Waals surface area contributed by atoms with Crippen LogP contribution >= 0.6 is 11.6 Å². The zero-order valence-corrected chi connectivity index (χ0v) is 14.2. The van der Waals surface area contributed by atoms with Crippen LogP contribution in [-0.2, 0) is 16.0 Å². The number of nitrogens with one attached hydrogen (secondary N) is 2. The van der Waals surface area contributed by atoms with Gasteiger partial charge in [-0.25, -0.2) is 0 Å². The number of rotatable bonds is 7. The summed E-state index contributed by atoms with van der Waals surface area (Å²) in [6, 6.07) is 7.94. The largest absolute Gasteiger partial charge is 0.352 e. The highest BCUT2D eigenvalue weighted by atomic mass is 35.5. The van der Waals surface area contributed by atoms with Gasteiger partial charge in [0.05, 0.1) is 6.54 Å². The van der Waals surface area contributed by atoms with E-state index < -0.39 is 0 Å². The highest BCUT2D eigenvalue weighted by Crippen LogP contribution is 2.17. The molecule has 0 spiro atoms. The lowest BCUT2D eigenvalue weighted by atomic mass is 9.95. The van der Waals surface area contributed by atoms with E-state index >= 15 is 0 Å². The molecule has 1 fully saturated rings. The van der Waals surface area contributed by atoms with Crippen molar-refractivity contribution in [2.24, 2.45) is 0 Å². The van der Waals surface area contributed by atoms with Crippen LogP contribution in [0.5, 0.6) is 0 Å². The Morgan fingerprint density at radius 3 is 2.43 bits per heavy atom. The van der Waals surface area contributed by atoms with Crippen molar-refractivity contribution >= 4 is 23.4 Å². The van der Waals surface area contributed by atoms with Gasteiger partial charge in [0.1, 0.15) is 0 Å². The fourth-order valence-electron chi connectivity index (χ4n) is 2.90. The Hall–Kier alpha value is -1.55. The molecule has 2 N–H and O–H groups in total. The van der Waals surface area contributed by atoms with Gasteiger partial charge in [-0.3, -0.25) is 9.59 Å². The number of hydrogen-bond acceptors (Lipinski definition) is 2. The van der Waals surface area contributed by atoms with Crippen molar-refractivity contribution in [3.8, 4) is 0 Å². The second-order valence-corrected chi connectivity index (χ2v) is 6.60. The molecule has 5 heteroatoms. The molecule has 2 rings (SSSR count). The number of carbonyl (C=O) groups excluding carboxylic acids is 2. The Kier molecular flexibility index (Phi) is 7.40. The van der Waals surface area contributed by atoms with E-state index in [0.29, 0.717) is 6.42 Å². The predicted molar refractivity (Wildman–Crippen MR) is 92.4 cm³/mol. The summed E-state index contributed by atoms with van der Waals surface area (Å²) in [7, 11) is 0. The van der Waals surface area contributed by atoms with E-state index in [4.69, 9.17) is 11.6 Å². The summed E-state index contributed by atoms with van der Waals surface area (Å²) in [6.45, 7) is 0.0796. The van der Waals surface area contributed by atoms with Crippen LogP contribution in [0, 0.1) is 0 Å². The molecule has 0 aliphatic heterocycles. The van der Waals surface area contributed by atoms with Gasteiger partial charge in [0.15, 0.2) is 0 Å². The number of carbonyl (C=O) groups is 2. The highest BCUT2D eigenvalue weighted by Gasteiger charge is 2.15. The summed E-state index contributed by atoms with van der Waals surface area (Å²) in [5.74, 6) is -0.152. The summed E-state index contributed by atoms with van der Waals surface area (Å²) >= 11 is 5.83. The van der Waals surface area contributed by atoms with E-state index in [1.54, 1.807) is 0 Å². The monoisotopic (exact) mass is 336 g/mol. The first kappa shape index (κ1) is 17.8. The fourth-order valence-corrected chi connectivity index (χ4v) is 3.02. The molecule has 0 aromatic heterocycles. The molecule has 126 valence electrons. The van der Waals surface area contributed by atoms with Gasteiger partial charge in [-0.1, -0.05) is 43.0 Å². The summed E-state index contributed by atoms with van der Waals surface area (Å²) < 4.78 is 0. The van der Waals surface area contributed by atoms with Crippen molar-refractivity contribution in [3.63, 3.8) is 0 Å². The van der Waals surface area contributed by atoms with Gasteiger partial charge in [0.25, 0.3) is 0 Å². The van der Waals surface area contributed by atoms with Gasteiger partial charge >= 0.3 is 0 Å². The molecule has 23 heavy (non-hydrogen) atoms. The van der Waals surface area contributed by atoms with E-state index in [1.807, 2.05) is 24.3 Å². The summed E-state index contributed by atoms with van der Waals surface area (Å²) in [5, 5.41) is 6.41. The average molecular weight is 337 g/mol. The molecule has 1 aromatic carbocycles. The Morgan fingerprint density at radius 2 is 1.74 bits per heavy atom. The van der Waals surface area contributed by atoms with Crippen molar-refractivity contribution in [3.05, 3.63) is 34.9 Å². The van der Waals surface area contributed by atoms with Crippen LogP contribution in [0.2, 0.25) is 5.02 Å². The van der Waals surface area contributed by atoms with Crippen molar-refractivity contribution in [2.75, 3.05) is 6.54 Å². The molecule has 0 bridgehead atoms. The summed E-state index contributed by atoms with van der Waals surface area (Å²) in [4.78, 5) is 23.6. The smallest absolute Gasteiger partial charge is 0.239 e. The summed E-state index contributed by atoms with van der Waals surface area (Å²) in [6.07, 6.45) is 7.76. The minimum absolute atomic E-state index is 0.0715. The third-order valence-corrected chi connectivity index (χ3v) is 4.45. The molecule has 4 nitrogen and oxygen atoms in total. The van der Waals surface area contributed by atoms with Gasteiger partial charge < -0.3 is 10.6 Å². The molecule has 1 aromatic rings. The van der Waals surface area contributed by atoms with E-state index in [9.17, 15) is 9.59 Å². The lowest BCUT2D eigenvalue weighted by Crippen LogP contribution is -2.42. The van der Waals surface area contributed by atoms with Crippen LogP contribution in [0.15, 0.2) is 24.3 Å². The lowest BCUT2D eigenvalue weighted by Gasteiger charge is -2.22. The standard InChI is InChI=1S/C18H25ClN2O2/c19-15-11-9-14(10-12-15)5-4-8-17(22)20-13-18(23)21-16-6-2-1-3-7-16/h9-12,16H,1-8,13H2,(H,20,22)(H,21,23). The molecule has 1 aliphatic carbocycles. The van der Waals surface area contributed by atoms with Crippen LogP contribution < -0.4 is 10.6 Å². The zero-order valence-electron chi connectivity index (χ0n) is 13.4. The van der Waals surface area contributed by atoms with Gasteiger partial charge in [0.2, 0.25) is 11.8 Å². The second-order valence-electron chi connectivity index (χ2n) is 6.16. The third kappa shape index (κ3) is 7.04. The maximum atomic E-state index is 11.8. The topological polar surface area (TPSA) is 58.2 Å². The first-order valence-electron chi connectivity index (χ1n) is 8.44. The Morgan fingerprint density at radius 1 is 1.04 bits per heavy atom. The molecule has 0 saturated heterocycles. The lowest BCUT2D eigenvalue weighted by molar-refractivity contribution is -0.126. The van der Waals surface area contributed by atoms with Crippen LogP contribution in [0.3, 0.4) is 0 Å². The summed E-state index contributed by atoms with van der Waals surface area (Å²) in [5.41, 5.74) is 1.16. The molecule has 1 aliphatic rings. The van der Waals surface area contributed by atoms with E-state index in [2.05, 4.69) is 10.6 Å². The normalized spacial score (nSPS) is 15.2. The average Bonchev–Trinajstić information content (AvgIpc) is 2.56. The third-order valence-electron chi connectivity index (χ3n) is 4.20. The molecule has 0 heterocycles. The number of hydrogen-bond donors (Lipinski definition) is 2. The maximum absolute atomic E-state index is 11.8. The minimum Gasteiger partial charge on any atom is -0.352 e. The van der Waals surface area contributed by atoms with Crippen LogP contribution in [-0.4, -0.2) is 24.4 Å². The number of benzene rings is 1. The van der Waals surface area contributed by atoms with E-state index in [0.717, 1.165) is 36.3 Å². The minimum atomic E-state index is -0.0806. The fraction of sp³-hybridized carbons (Fsp3) is 0.556. The molecule has 0 unspecified atom stereocenters. The van der Waals surface area contributed by atoms with Gasteiger partial charge in [-0.2, -0.15) is 0 Å². The van der Waals surface area contributed by atoms with Crippen molar-refractivity contribution in [1.82, 2.24) is 10.6 Å². The Bertz CT molecular complexity index is 510. The van der Waals surface area contributed by atoms with Gasteiger partial charge in [-0.05, 0) is 43.4 Å². The maximum Gasteiger partial charge on any atom is 0.239 e. The van der Waals surface area contributed by atoms with Crippen molar-refractivity contribution < 1.29 is 9.59 Å². The van der Waals surface area contributed by atoms with Gasteiger partial charge in [-0.15, -0.1) is 0 Å². The number of halogens is 1. The number of amides is 2. The van der Waals surface area contributed by atoms with Crippen LogP contribution in [0.25, 0.3) is 0 Å². The molecular weight excluding hydrogens is 312 g/mol. The molecular formula is C18H25ClN2O2. The predicted octanol–water partition coefficient (Wildman–Crippen LogP) is 3.23. The molecule has 0 radical (unpaired) electrons. The Balaban J connectivity index is 1.57. The Labute approximate surface area is 143 Å². The van der Waals surface area contributed by atoms with Crippen molar-refractivity contribution in [1.29, 1.82) is 0 Å². The first-order chi connectivity index (χ1) is 11.1. The van der Waals surface area contributed by atoms with Gasteiger partial charge in [0, 0.05) is 17.5 Å². The molecule has 0 atom stereocenters. The van der Waals surface area contributed by atoms with Crippen LogP contribution in [0.1, 0.15) is 50.5 Å².